The summed E-state index contributed by atoms with van der Waals surface area (Å²) in [5.41, 5.74) is 9.47. The van der Waals surface area contributed by atoms with Crippen LogP contribution in [-0.2, 0) is 4.79 Å². The van der Waals surface area contributed by atoms with E-state index in [0.29, 0.717) is 5.75 Å². The van der Waals surface area contributed by atoms with E-state index in [1.807, 2.05) is 98.4 Å². The van der Waals surface area contributed by atoms with Gasteiger partial charge in [0.05, 0.1) is 11.9 Å². The number of nitrogens with zero attached hydrogens (tertiary/aromatic N) is 3. The van der Waals surface area contributed by atoms with Crippen LogP contribution in [-0.4, -0.2) is 28.5 Å². The van der Waals surface area contributed by atoms with Gasteiger partial charge in [0.15, 0.2) is 6.61 Å². The first-order valence-electron chi connectivity index (χ1n) is 10.7. The Balaban J connectivity index is 1.49. The molecule has 0 unspecified atom stereocenters. The van der Waals surface area contributed by atoms with E-state index in [1.54, 1.807) is 6.21 Å². The quantitative estimate of drug-likeness (QED) is 0.326. The van der Waals surface area contributed by atoms with E-state index in [-0.39, 0.29) is 12.5 Å². The number of rotatable bonds is 7. The van der Waals surface area contributed by atoms with Crippen LogP contribution in [0.5, 0.6) is 5.75 Å². The molecule has 0 radical (unpaired) electrons. The van der Waals surface area contributed by atoms with Gasteiger partial charge in [-0.1, -0.05) is 48.0 Å². The molecule has 0 aliphatic heterocycles. The summed E-state index contributed by atoms with van der Waals surface area (Å²) >= 11 is 0. The monoisotopic (exact) mass is 438 g/mol. The second kappa shape index (κ2) is 9.96. The lowest BCUT2D eigenvalue weighted by Gasteiger charge is -2.07. The SMILES string of the molecule is Cc1cccc(-c2nn(-c3ccccc3)cc2/C=N\NC(=O)COc2ccc(C)c(C)c2)c1. The second-order valence-corrected chi connectivity index (χ2v) is 7.91. The van der Waals surface area contributed by atoms with Crippen molar-refractivity contribution >= 4 is 12.1 Å². The summed E-state index contributed by atoms with van der Waals surface area (Å²) in [7, 11) is 0. The number of benzene rings is 3. The first-order valence-corrected chi connectivity index (χ1v) is 10.7. The molecule has 1 heterocycles. The van der Waals surface area contributed by atoms with Crippen LogP contribution in [0.2, 0.25) is 0 Å². The van der Waals surface area contributed by atoms with Crippen molar-refractivity contribution in [2.45, 2.75) is 20.8 Å². The first kappa shape index (κ1) is 22.0. The predicted molar refractivity (Wildman–Crippen MR) is 131 cm³/mol. The summed E-state index contributed by atoms with van der Waals surface area (Å²) in [6, 6.07) is 23.7. The van der Waals surface area contributed by atoms with Crippen LogP contribution in [0, 0.1) is 20.8 Å². The lowest BCUT2D eigenvalue weighted by Crippen LogP contribution is -2.24. The lowest BCUT2D eigenvalue weighted by atomic mass is 10.1. The van der Waals surface area contributed by atoms with E-state index in [4.69, 9.17) is 9.84 Å². The van der Waals surface area contributed by atoms with E-state index in [1.165, 1.54) is 5.56 Å². The summed E-state index contributed by atoms with van der Waals surface area (Å²) in [4.78, 5) is 12.2. The van der Waals surface area contributed by atoms with Gasteiger partial charge in [0.25, 0.3) is 5.91 Å². The minimum atomic E-state index is -0.336. The maximum atomic E-state index is 12.2. The molecule has 4 aromatic rings. The van der Waals surface area contributed by atoms with Crippen LogP contribution in [0.4, 0.5) is 0 Å². The van der Waals surface area contributed by atoms with Gasteiger partial charge in [0.2, 0.25) is 0 Å². The van der Waals surface area contributed by atoms with E-state index in [0.717, 1.165) is 33.6 Å². The molecule has 1 N–H and O–H groups in total. The molecule has 0 saturated carbocycles. The maximum absolute atomic E-state index is 12.2. The Labute approximate surface area is 193 Å². The first-order chi connectivity index (χ1) is 16.0. The molecule has 166 valence electrons. The van der Waals surface area contributed by atoms with E-state index >= 15 is 0 Å². The van der Waals surface area contributed by atoms with Crippen LogP contribution >= 0.6 is 0 Å². The van der Waals surface area contributed by atoms with Crippen molar-refractivity contribution in [3.8, 4) is 22.7 Å². The van der Waals surface area contributed by atoms with Crippen LogP contribution in [0.25, 0.3) is 16.9 Å². The highest BCUT2D eigenvalue weighted by Crippen LogP contribution is 2.23. The van der Waals surface area contributed by atoms with Crippen LogP contribution < -0.4 is 10.2 Å². The number of hydrazone groups is 1. The Morgan fingerprint density at radius 1 is 1.00 bits per heavy atom. The van der Waals surface area contributed by atoms with Crippen molar-refractivity contribution in [1.29, 1.82) is 0 Å². The topological polar surface area (TPSA) is 68.5 Å². The fourth-order valence-corrected chi connectivity index (χ4v) is 3.37. The van der Waals surface area contributed by atoms with E-state index < -0.39 is 0 Å². The van der Waals surface area contributed by atoms with E-state index in [9.17, 15) is 4.79 Å². The van der Waals surface area contributed by atoms with E-state index in [2.05, 4.69) is 16.6 Å². The molecular weight excluding hydrogens is 412 g/mol. The molecule has 1 amide bonds. The maximum Gasteiger partial charge on any atom is 0.277 e. The van der Waals surface area contributed by atoms with Gasteiger partial charge in [-0.15, -0.1) is 0 Å². The van der Waals surface area contributed by atoms with Crippen LogP contribution in [0.15, 0.2) is 84.1 Å². The molecule has 3 aromatic carbocycles. The van der Waals surface area contributed by atoms with Crippen molar-refractivity contribution in [2.75, 3.05) is 6.61 Å². The van der Waals surface area contributed by atoms with Gasteiger partial charge in [0.1, 0.15) is 11.4 Å². The number of carbonyl (C=O) groups is 1. The molecule has 0 aliphatic carbocycles. The van der Waals surface area contributed by atoms with Gasteiger partial charge in [-0.3, -0.25) is 4.79 Å². The van der Waals surface area contributed by atoms with Crippen molar-refractivity contribution in [3.05, 3.63) is 101 Å². The molecule has 0 aliphatic rings. The number of para-hydroxylation sites is 1. The minimum absolute atomic E-state index is 0.117. The zero-order valence-corrected chi connectivity index (χ0v) is 18.9. The molecule has 0 saturated heterocycles. The van der Waals surface area contributed by atoms with Gasteiger partial charge < -0.3 is 4.74 Å². The average Bonchev–Trinajstić information content (AvgIpc) is 3.25. The van der Waals surface area contributed by atoms with Gasteiger partial charge >= 0.3 is 0 Å². The molecule has 0 bridgehead atoms. The number of aryl methyl sites for hydroxylation is 3. The number of aromatic nitrogens is 2. The van der Waals surface area contributed by atoms with Crippen LogP contribution in [0.1, 0.15) is 22.3 Å². The fourth-order valence-electron chi connectivity index (χ4n) is 3.37. The standard InChI is InChI=1S/C27H26N4O2/c1-19-8-7-9-22(14-19)27-23(17-31(30-27)24-10-5-4-6-11-24)16-28-29-26(32)18-33-25-13-12-20(2)21(3)15-25/h4-17H,18H2,1-3H3,(H,29,32)/b28-16-. The molecule has 1 aromatic heterocycles. The molecule has 0 spiro atoms. The van der Waals surface area contributed by atoms with Gasteiger partial charge in [-0.05, 0) is 62.2 Å². The summed E-state index contributed by atoms with van der Waals surface area (Å²) < 4.78 is 7.38. The van der Waals surface area contributed by atoms with Crippen LogP contribution in [0.3, 0.4) is 0 Å². The summed E-state index contributed by atoms with van der Waals surface area (Å²) in [5.74, 6) is 0.320. The Kier molecular flexibility index (Phi) is 6.64. The highest BCUT2D eigenvalue weighted by atomic mass is 16.5. The largest absolute Gasteiger partial charge is 0.484 e. The predicted octanol–water partition coefficient (Wildman–Crippen LogP) is 4.99. The molecule has 33 heavy (non-hydrogen) atoms. The summed E-state index contributed by atoms with van der Waals surface area (Å²) in [5, 5.41) is 8.91. The second-order valence-electron chi connectivity index (χ2n) is 7.91. The Hall–Kier alpha value is -4.19. The molecule has 6 nitrogen and oxygen atoms in total. The number of amides is 1. The highest BCUT2D eigenvalue weighted by Gasteiger charge is 2.11. The van der Waals surface area contributed by atoms with Crippen molar-refractivity contribution in [2.24, 2.45) is 5.10 Å². The minimum Gasteiger partial charge on any atom is -0.484 e. The average molecular weight is 439 g/mol. The van der Waals surface area contributed by atoms with Crippen molar-refractivity contribution in [1.82, 2.24) is 15.2 Å². The molecule has 0 fully saturated rings. The van der Waals surface area contributed by atoms with Crippen molar-refractivity contribution in [3.63, 3.8) is 0 Å². The third-order valence-electron chi connectivity index (χ3n) is 5.30. The van der Waals surface area contributed by atoms with Gasteiger partial charge in [-0.2, -0.15) is 10.2 Å². The zero-order chi connectivity index (χ0) is 23.2. The number of carbonyl (C=O) groups excluding carboxylic acids is 1. The third kappa shape index (κ3) is 5.54. The number of hydrogen-bond donors (Lipinski definition) is 1. The van der Waals surface area contributed by atoms with Gasteiger partial charge in [0, 0.05) is 17.3 Å². The number of hydrogen-bond acceptors (Lipinski definition) is 4. The summed E-state index contributed by atoms with van der Waals surface area (Å²) in [6.45, 7) is 5.97. The highest BCUT2D eigenvalue weighted by molar-refractivity contribution is 5.89. The lowest BCUT2D eigenvalue weighted by molar-refractivity contribution is -0.123. The normalized spacial score (nSPS) is 11.0. The number of ether oxygens (including phenoxy) is 1. The number of nitrogens with one attached hydrogen (secondary N) is 1. The smallest absolute Gasteiger partial charge is 0.277 e. The summed E-state index contributed by atoms with van der Waals surface area (Å²) in [6.07, 6.45) is 3.51. The Morgan fingerprint density at radius 3 is 2.58 bits per heavy atom. The Bertz CT molecular complexity index is 1290. The molecule has 0 atom stereocenters. The van der Waals surface area contributed by atoms with Crippen molar-refractivity contribution < 1.29 is 9.53 Å². The molecule has 4 rings (SSSR count). The fraction of sp³-hybridized carbons (Fsp3) is 0.148. The molecular formula is C27H26N4O2. The molecule has 6 heteroatoms. The Morgan fingerprint density at radius 2 is 1.82 bits per heavy atom. The zero-order valence-electron chi connectivity index (χ0n) is 18.9. The van der Waals surface area contributed by atoms with Gasteiger partial charge in [-0.25, -0.2) is 10.1 Å². The third-order valence-corrected chi connectivity index (χ3v) is 5.30.